The Morgan fingerprint density at radius 2 is 2.35 bits per heavy atom. The maximum atomic E-state index is 11.9. The van der Waals surface area contributed by atoms with Crippen LogP contribution in [0.1, 0.15) is 36.7 Å². The van der Waals surface area contributed by atoms with Crippen LogP contribution in [-0.4, -0.2) is 16.9 Å². The lowest BCUT2D eigenvalue weighted by Gasteiger charge is -2.13. The highest BCUT2D eigenvalue weighted by Gasteiger charge is 2.25. The van der Waals surface area contributed by atoms with E-state index in [0.29, 0.717) is 10.8 Å². The Labute approximate surface area is 106 Å². The number of hydrogen-bond donors (Lipinski definition) is 2. The SMILES string of the molecule is CC(CC1CC1)NC(=O)c1nc(N)ccc1Cl. The van der Waals surface area contributed by atoms with Gasteiger partial charge < -0.3 is 11.1 Å². The summed E-state index contributed by atoms with van der Waals surface area (Å²) >= 11 is 5.91. The van der Waals surface area contributed by atoms with Gasteiger partial charge in [-0.25, -0.2) is 4.98 Å². The molecule has 0 bridgehead atoms. The molecule has 1 aliphatic rings. The molecule has 1 atom stereocenters. The smallest absolute Gasteiger partial charge is 0.271 e. The first-order chi connectivity index (χ1) is 8.06. The van der Waals surface area contributed by atoms with Crippen LogP contribution in [0.15, 0.2) is 12.1 Å². The van der Waals surface area contributed by atoms with E-state index in [9.17, 15) is 4.79 Å². The third kappa shape index (κ3) is 3.33. The van der Waals surface area contributed by atoms with Gasteiger partial charge in [-0.3, -0.25) is 4.79 Å². The summed E-state index contributed by atoms with van der Waals surface area (Å²) < 4.78 is 0. The van der Waals surface area contributed by atoms with Crippen molar-refractivity contribution in [3.8, 4) is 0 Å². The Morgan fingerprint density at radius 3 is 3.00 bits per heavy atom. The Morgan fingerprint density at radius 1 is 1.65 bits per heavy atom. The minimum absolute atomic E-state index is 0.147. The van der Waals surface area contributed by atoms with Gasteiger partial charge in [0.2, 0.25) is 0 Å². The predicted octanol–water partition coefficient (Wildman–Crippen LogP) is 2.24. The fourth-order valence-corrected chi connectivity index (χ4v) is 2.01. The van der Waals surface area contributed by atoms with Gasteiger partial charge in [0.05, 0.1) is 5.02 Å². The third-order valence-corrected chi connectivity index (χ3v) is 3.15. The first-order valence-corrected chi connectivity index (χ1v) is 6.17. The highest BCUT2D eigenvalue weighted by molar-refractivity contribution is 6.33. The number of pyridine rings is 1. The first kappa shape index (κ1) is 12.2. The van der Waals surface area contributed by atoms with Crippen LogP contribution < -0.4 is 11.1 Å². The molecule has 92 valence electrons. The number of halogens is 1. The number of carbonyl (C=O) groups is 1. The number of nitrogens with zero attached hydrogens (tertiary/aromatic N) is 1. The quantitative estimate of drug-likeness (QED) is 0.865. The van der Waals surface area contributed by atoms with Gasteiger partial charge in [-0.15, -0.1) is 0 Å². The molecule has 0 aliphatic heterocycles. The topological polar surface area (TPSA) is 68.0 Å². The molecule has 1 aromatic rings. The zero-order valence-corrected chi connectivity index (χ0v) is 10.5. The van der Waals surface area contributed by atoms with E-state index in [1.165, 1.54) is 12.8 Å². The van der Waals surface area contributed by atoms with Gasteiger partial charge in [-0.1, -0.05) is 24.4 Å². The molecule has 1 unspecified atom stereocenters. The minimum Gasteiger partial charge on any atom is -0.384 e. The van der Waals surface area contributed by atoms with Gasteiger partial charge in [0.25, 0.3) is 5.91 Å². The first-order valence-electron chi connectivity index (χ1n) is 5.79. The normalized spacial score (nSPS) is 16.6. The van der Waals surface area contributed by atoms with Crippen molar-refractivity contribution in [2.75, 3.05) is 5.73 Å². The van der Waals surface area contributed by atoms with Gasteiger partial charge in [-0.05, 0) is 31.4 Å². The molecule has 1 amide bonds. The van der Waals surface area contributed by atoms with E-state index in [1.807, 2.05) is 6.92 Å². The van der Waals surface area contributed by atoms with E-state index < -0.39 is 0 Å². The Hall–Kier alpha value is -1.29. The highest BCUT2D eigenvalue weighted by atomic mass is 35.5. The molecule has 4 nitrogen and oxygen atoms in total. The molecule has 0 radical (unpaired) electrons. The molecule has 0 saturated heterocycles. The van der Waals surface area contributed by atoms with Crippen molar-refractivity contribution in [2.24, 2.45) is 5.92 Å². The summed E-state index contributed by atoms with van der Waals surface area (Å²) in [6.07, 6.45) is 3.57. The number of carbonyl (C=O) groups excluding carboxylic acids is 1. The molecule has 1 heterocycles. The number of nitrogens with one attached hydrogen (secondary N) is 1. The molecule has 0 spiro atoms. The fraction of sp³-hybridized carbons (Fsp3) is 0.500. The number of amides is 1. The summed E-state index contributed by atoms with van der Waals surface area (Å²) in [5, 5.41) is 3.22. The molecule has 0 aromatic carbocycles. The predicted molar refractivity (Wildman–Crippen MR) is 67.9 cm³/mol. The highest BCUT2D eigenvalue weighted by Crippen LogP contribution is 2.33. The van der Waals surface area contributed by atoms with Gasteiger partial charge in [0.15, 0.2) is 0 Å². The van der Waals surface area contributed by atoms with Crippen LogP contribution >= 0.6 is 11.6 Å². The summed E-state index contributed by atoms with van der Waals surface area (Å²) in [6.45, 7) is 2.00. The Balaban J connectivity index is 2.00. The number of anilines is 1. The number of nitrogen functional groups attached to an aromatic ring is 1. The summed E-state index contributed by atoms with van der Waals surface area (Å²) in [4.78, 5) is 15.9. The minimum atomic E-state index is -0.254. The van der Waals surface area contributed by atoms with E-state index in [4.69, 9.17) is 17.3 Å². The van der Waals surface area contributed by atoms with Crippen LogP contribution in [-0.2, 0) is 0 Å². The zero-order chi connectivity index (χ0) is 12.4. The number of hydrogen-bond acceptors (Lipinski definition) is 3. The lowest BCUT2D eigenvalue weighted by atomic mass is 10.1. The van der Waals surface area contributed by atoms with Crippen molar-refractivity contribution >= 4 is 23.3 Å². The van der Waals surface area contributed by atoms with Crippen LogP contribution in [0.4, 0.5) is 5.82 Å². The molecule has 1 aliphatic carbocycles. The van der Waals surface area contributed by atoms with Crippen LogP contribution in [0.3, 0.4) is 0 Å². The van der Waals surface area contributed by atoms with E-state index in [-0.39, 0.29) is 17.6 Å². The summed E-state index contributed by atoms with van der Waals surface area (Å²) in [7, 11) is 0. The second-order valence-electron chi connectivity index (χ2n) is 4.62. The monoisotopic (exact) mass is 253 g/mol. The van der Waals surface area contributed by atoms with Gasteiger partial charge in [0, 0.05) is 6.04 Å². The average molecular weight is 254 g/mol. The van der Waals surface area contributed by atoms with Gasteiger partial charge in [-0.2, -0.15) is 0 Å². The standard InChI is InChI=1S/C12H16ClN3O/c1-7(6-8-2-3-8)15-12(17)11-9(13)4-5-10(14)16-11/h4-5,7-8H,2-3,6H2,1H3,(H2,14,16)(H,15,17). The fourth-order valence-electron chi connectivity index (χ4n) is 1.82. The second kappa shape index (κ2) is 4.92. The maximum absolute atomic E-state index is 11.9. The van der Waals surface area contributed by atoms with Crippen LogP contribution in [0.5, 0.6) is 0 Å². The lowest BCUT2D eigenvalue weighted by molar-refractivity contribution is 0.0932. The van der Waals surface area contributed by atoms with E-state index in [0.717, 1.165) is 12.3 Å². The molecule has 17 heavy (non-hydrogen) atoms. The molecular weight excluding hydrogens is 238 g/mol. The van der Waals surface area contributed by atoms with Crippen LogP contribution in [0.25, 0.3) is 0 Å². The Kier molecular flexibility index (Phi) is 3.52. The van der Waals surface area contributed by atoms with E-state index >= 15 is 0 Å². The summed E-state index contributed by atoms with van der Waals surface area (Å²) in [5.74, 6) is 0.819. The van der Waals surface area contributed by atoms with Gasteiger partial charge >= 0.3 is 0 Å². The Bertz CT molecular complexity index is 432. The van der Waals surface area contributed by atoms with Crippen molar-refractivity contribution in [1.82, 2.24) is 10.3 Å². The lowest BCUT2D eigenvalue weighted by Crippen LogP contribution is -2.33. The van der Waals surface area contributed by atoms with Crippen molar-refractivity contribution in [2.45, 2.75) is 32.2 Å². The maximum Gasteiger partial charge on any atom is 0.271 e. The molecule has 1 fully saturated rings. The number of aromatic nitrogens is 1. The average Bonchev–Trinajstić information content (AvgIpc) is 3.05. The van der Waals surface area contributed by atoms with Gasteiger partial charge in [0.1, 0.15) is 11.5 Å². The van der Waals surface area contributed by atoms with E-state index in [1.54, 1.807) is 12.1 Å². The summed E-state index contributed by atoms with van der Waals surface area (Å²) in [5.41, 5.74) is 5.74. The zero-order valence-electron chi connectivity index (χ0n) is 9.74. The molecule has 1 aromatic heterocycles. The van der Waals surface area contributed by atoms with Crippen molar-refractivity contribution < 1.29 is 4.79 Å². The van der Waals surface area contributed by atoms with Crippen LogP contribution in [0, 0.1) is 5.92 Å². The molecule has 3 N–H and O–H groups in total. The molecular formula is C12H16ClN3O. The number of nitrogens with two attached hydrogens (primary N) is 1. The van der Waals surface area contributed by atoms with E-state index in [2.05, 4.69) is 10.3 Å². The number of rotatable bonds is 4. The van der Waals surface area contributed by atoms with Crippen LogP contribution in [0.2, 0.25) is 5.02 Å². The van der Waals surface area contributed by atoms with Crippen molar-refractivity contribution in [3.63, 3.8) is 0 Å². The summed E-state index contributed by atoms with van der Waals surface area (Å²) in [6, 6.07) is 3.31. The molecule has 1 saturated carbocycles. The van der Waals surface area contributed by atoms with Crippen molar-refractivity contribution in [3.05, 3.63) is 22.8 Å². The molecule has 5 heteroatoms. The third-order valence-electron chi connectivity index (χ3n) is 2.84. The largest absolute Gasteiger partial charge is 0.384 e. The van der Waals surface area contributed by atoms with Crippen molar-refractivity contribution in [1.29, 1.82) is 0 Å². The molecule has 2 rings (SSSR count). The second-order valence-corrected chi connectivity index (χ2v) is 5.03.